The standard InChI is InChI=1S/C12H15NO3/c1-16-7-8-2-3-11-9(4-8)5-10(6-13-11)12(14)15/h2-4,10,13H,5-7H2,1H3,(H,14,15). The maximum atomic E-state index is 10.9. The van der Waals surface area contributed by atoms with E-state index in [9.17, 15) is 4.79 Å². The van der Waals surface area contributed by atoms with Crippen LogP contribution in [0.15, 0.2) is 18.2 Å². The number of anilines is 1. The van der Waals surface area contributed by atoms with Crippen LogP contribution in [0.1, 0.15) is 11.1 Å². The zero-order valence-corrected chi connectivity index (χ0v) is 9.19. The average Bonchev–Trinajstić information content (AvgIpc) is 2.28. The van der Waals surface area contributed by atoms with Crippen LogP contribution in [0.25, 0.3) is 0 Å². The first-order valence-electron chi connectivity index (χ1n) is 5.28. The van der Waals surface area contributed by atoms with Crippen LogP contribution in [0.2, 0.25) is 0 Å². The largest absolute Gasteiger partial charge is 0.481 e. The summed E-state index contributed by atoms with van der Waals surface area (Å²) in [5.41, 5.74) is 3.18. The maximum absolute atomic E-state index is 10.9. The fourth-order valence-electron chi connectivity index (χ4n) is 1.99. The van der Waals surface area contributed by atoms with E-state index in [1.165, 1.54) is 0 Å². The molecule has 86 valence electrons. The SMILES string of the molecule is COCc1ccc2c(c1)CC(C(=O)O)CN2. The van der Waals surface area contributed by atoms with Gasteiger partial charge in [-0.25, -0.2) is 0 Å². The summed E-state index contributed by atoms with van der Waals surface area (Å²) >= 11 is 0. The second kappa shape index (κ2) is 4.53. The zero-order chi connectivity index (χ0) is 11.5. The number of benzene rings is 1. The summed E-state index contributed by atoms with van der Waals surface area (Å²) in [5.74, 6) is -1.07. The molecule has 1 unspecified atom stereocenters. The summed E-state index contributed by atoms with van der Waals surface area (Å²) in [6.07, 6.45) is 0.592. The molecule has 0 amide bonds. The van der Waals surface area contributed by atoms with Crippen LogP contribution in [-0.2, 0) is 22.6 Å². The number of aliphatic carboxylic acids is 1. The summed E-state index contributed by atoms with van der Waals surface area (Å²) in [5, 5.41) is 12.1. The van der Waals surface area contributed by atoms with E-state index in [2.05, 4.69) is 5.32 Å². The minimum atomic E-state index is -0.740. The molecule has 16 heavy (non-hydrogen) atoms. The minimum absolute atomic E-state index is 0.328. The minimum Gasteiger partial charge on any atom is -0.481 e. The summed E-state index contributed by atoms with van der Waals surface area (Å²) in [6, 6.07) is 6.00. The van der Waals surface area contributed by atoms with E-state index >= 15 is 0 Å². The fourth-order valence-corrected chi connectivity index (χ4v) is 1.99. The van der Waals surface area contributed by atoms with Gasteiger partial charge in [0.1, 0.15) is 0 Å². The molecular formula is C12H15NO3. The van der Waals surface area contributed by atoms with Crippen LogP contribution in [0.5, 0.6) is 0 Å². The molecule has 0 aromatic heterocycles. The third-order valence-electron chi connectivity index (χ3n) is 2.84. The molecule has 0 spiro atoms. The first-order valence-corrected chi connectivity index (χ1v) is 5.28. The zero-order valence-electron chi connectivity index (χ0n) is 9.19. The number of hydrogen-bond acceptors (Lipinski definition) is 3. The molecule has 0 aliphatic carbocycles. The smallest absolute Gasteiger partial charge is 0.308 e. The van der Waals surface area contributed by atoms with E-state index in [4.69, 9.17) is 9.84 Å². The molecule has 1 aliphatic heterocycles. The van der Waals surface area contributed by atoms with E-state index in [0.717, 1.165) is 16.8 Å². The van der Waals surface area contributed by atoms with Crippen molar-refractivity contribution in [3.63, 3.8) is 0 Å². The number of rotatable bonds is 3. The Labute approximate surface area is 94.2 Å². The Morgan fingerprint density at radius 3 is 3.12 bits per heavy atom. The van der Waals surface area contributed by atoms with Crippen LogP contribution in [0.3, 0.4) is 0 Å². The predicted octanol–water partition coefficient (Wildman–Crippen LogP) is 1.50. The molecule has 0 saturated carbocycles. The topological polar surface area (TPSA) is 58.6 Å². The molecule has 1 atom stereocenters. The Hall–Kier alpha value is -1.55. The molecule has 1 aromatic carbocycles. The third-order valence-corrected chi connectivity index (χ3v) is 2.84. The second-order valence-corrected chi connectivity index (χ2v) is 4.04. The van der Waals surface area contributed by atoms with Gasteiger partial charge in [-0.05, 0) is 23.6 Å². The Bertz CT molecular complexity index is 403. The number of carbonyl (C=O) groups is 1. The van der Waals surface area contributed by atoms with Gasteiger partial charge in [0.25, 0.3) is 0 Å². The van der Waals surface area contributed by atoms with Crippen LogP contribution >= 0.6 is 0 Å². The highest BCUT2D eigenvalue weighted by molar-refractivity contribution is 5.73. The molecule has 4 heteroatoms. The number of ether oxygens (including phenoxy) is 1. The average molecular weight is 221 g/mol. The van der Waals surface area contributed by atoms with Crippen molar-refractivity contribution in [1.29, 1.82) is 0 Å². The van der Waals surface area contributed by atoms with Gasteiger partial charge >= 0.3 is 5.97 Å². The number of carboxylic acids is 1. The highest BCUT2D eigenvalue weighted by Gasteiger charge is 2.23. The van der Waals surface area contributed by atoms with E-state index in [1.807, 2.05) is 18.2 Å². The summed E-state index contributed by atoms with van der Waals surface area (Å²) < 4.78 is 5.06. The normalized spacial score (nSPS) is 18.7. The quantitative estimate of drug-likeness (QED) is 0.812. The van der Waals surface area contributed by atoms with Gasteiger partial charge < -0.3 is 15.2 Å². The number of methoxy groups -OCH3 is 1. The van der Waals surface area contributed by atoms with Crippen molar-refractivity contribution in [3.05, 3.63) is 29.3 Å². The molecule has 1 aliphatic rings. The first-order chi connectivity index (χ1) is 7.70. The summed E-state index contributed by atoms with van der Waals surface area (Å²) in [4.78, 5) is 10.9. The monoisotopic (exact) mass is 221 g/mol. The van der Waals surface area contributed by atoms with Crippen molar-refractivity contribution in [2.24, 2.45) is 5.92 Å². The number of hydrogen-bond donors (Lipinski definition) is 2. The van der Waals surface area contributed by atoms with Gasteiger partial charge in [0.05, 0.1) is 12.5 Å². The van der Waals surface area contributed by atoms with Crippen molar-refractivity contribution in [1.82, 2.24) is 0 Å². The van der Waals surface area contributed by atoms with E-state index in [-0.39, 0.29) is 5.92 Å². The number of carboxylic acid groups (broad SMARTS) is 1. The molecule has 0 radical (unpaired) electrons. The molecule has 2 rings (SSSR count). The van der Waals surface area contributed by atoms with Crippen LogP contribution in [-0.4, -0.2) is 24.7 Å². The predicted molar refractivity (Wildman–Crippen MR) is 60.5 cm³/mol. The highest BCUT2D eigenvalue weighted by Crippen LogP contribution is 2.26. The lowest BCUT2D eigenvalue weighted by atomic mass is 9.93. The molecule has 1 aromatic rings. The van der Waals surface area contributed by atoms with Gasteiger partial charge in [0, 0.05) is 19.3 Å². The molecule has 1 heterocycles. The number of fused-ring (bicyclic) bond motifs is 1. The van der Waals surface area contributed by atoms with Crippen molar-refractivity contribution in [3.8, 4) is 0 Å². The van der Waals surface area contributed by atoms with Crippen LogP contribution < -0.4 is 5.32 Å². The third kappa shape index (κ3) is 2.17. The van der Waals surface area contributed by atoms with E-state index in [0.29, 0.717) is 19.6 Å². The van der Waals surface area contributed by atoms with Crippen molar-refractivity contribution in [2.45, 2.75) is 13.0 Å². The Morgan fingerprint density at radius 1 is 1.62 bits per heavy atom. The van der Waals surface area contributed by atoms with Gasteiger partial charge in [0.15, 0.2) is 0 Å². The van der Waals surface area contributed by atoms with Gasteiger partial charge in [-0.1, -0.05) is 12.1 Å². The molecule has 4 nitrogen and oxygen atoms in total. The Balaban J connectivity index is 2.21. The fraction of sp³-hybridized carbons (Fsp3) is 0.417. The summed E-state index contributed by atoms with van der Waals surface area (Å²) in [6.45, 7) is 1.07. The highest BCUT2D eigenvalue weighted by atomic mass is 16.5. The lowest BCUT2D eigenvalue weighted by Crippen LogP contribution is -2.29. The van der Waals surface area contributed by atoms with Gasteiger partial charge in [0.2, 0.25) is 0 Å². The maximum Gasteiger partial charge on any atom is 0.308 e. The second-order valence-electron chi connectivity index (χ2n) is 4.04. The van der Waals surface area contributed by atoms with Crippen molar-refractivity contribution >= 4 is 11.7 Å². The molecule has 0 bridgehead atoms. The van der Waals surface area contributed by atoms with Crippen LogP contribution in [0, 0.1) is 5.92 Å². The summed E-state index contributed by atoms with van der Waals surface area (Å²) in [7, 11) is 1.65. The van der Waals surface area contributed by atoms with Crippen molar-refractivity contribution < 1.29 is 14.6 Å². The first kappa shape index (κ1) is 11.0. The Kier molecular flexibility index (Phi) is 3.10. The molecule has 0 fully saturated rings. The van der Waals surface area contributed by atoms with E-state index < -0.39 is 5.97 Å². The van der Waals surface area contributed by atoms with Crippen molar-refractivity contribution in [2.75, 3.05) is 19.0 Å². The van der Waals surface area contributed by atoms with Crippen LogP contribution in [0.4, 0.5) is 5.69 Å². The lowest BCUT2D eigenvalue weighted by molar-refractivity contribution is -0.141. The lowest BCUT2D eigenvalue weighted by Gasteiger charge is -2.23. The molecule has 0 saturated heterocycles. The van der Waals surface area contributed by atoms with Gasteiger partial charge in [-0.2, -0.15) is 0 Å². The molecular weight excluding hydrogens is 206 g/mol. The van der Waals surface area contributed by atoms with E-state index in [1.54, 1.807) is 7.11 Å². The van der Waals surface area contributed by atoms with Gasteiger partial charge in [-0.15, -0.1) is 0 Å². The number of nitrogens with one attached hydrogen (secondary N) is 1. The Morgan fingerprint density at radius 2 is 2.44 bits per heavy atom. The van der Waals surface area contributed by atoms with Gasteiger partial charge in [-0.3, -0.25) is 4.79 Å². The molecule has 2 N–H and O–H groups in total.